The Bertz CT molecular complexity index is 2830. The Morgan fingerprint density at radius 2 is 1.12 bits per heavy atom. The molecule has 1 nitrogen and oxygen atoms in total. The minimum absolute atomic E-state index is 0.230. The average molecular weight is 630 g/mol. The third kappa shape index (κ3) is 3.08. The lowest BCUT2D eigenvalue weighted by molar-refractivity contribution is 0.558. The highest BCUT2D eigenvalue weighted by Crippen LogP contribution is 2.61. The summed E-state index contributed by atoms with van der Waals surface area (Å²) in [5, 5.41) is 5.29. The van der Waals surface area contributed by atoms with E-state index in [1.165, 1.54) is 92.2 Å². The Morgan fingerprint density at radius 3 is 2.02 bits per heavy atom. The Hall–Kier alpha value is -5.44. The van der Waals surface area contributed by atoms with Crippen LogP contribution in [0.25, 0.3) is 58.8 Å². The minimum Gasteiger partial charge on any atom is -0.309 e. The molecule has 0 N–H and O–H groups in total. The van der Waals surface area contributed by atoms with E-state index < -0.39 is 5.41 Å². The molecule has 2 aromatic heterocycles. The molecule has 0 radical (unpaired) electrons. The van der Waals surface area contributed by atoms with Crippen molar-refractivity contribution in [3.05, 3.63) is 185 Å². The number of nitrogens with zero attached hydrogens (tertiary/aromatic N) is 1. The molecule has 1 unspecified atom stereocenters. The molecule has 1 spiro atoms. The summed E-state index contributed by atoms with van der Waals surface area (Å²) in [7, 11) is 0. The van der Waals surface area contributed by atoms with Crippen molar-refractivity contribution in [3.8, 4) is 16.8 Å². The first-order valence-corrected chi connectivity index (χ1v) is 17.7. The summed E-state index contributed by atoms with van der Waals surface area (Å²) in [5.74, 6) is 0. The van der Waals surface area contributed by atoms with Crippen LogP contribution in [0.1, 0.15) is 47.2 Å². The fourth-order valence-electron chi connectivity index (χ4n) is 9.59. The van der Waals surface area contributed by atoms with Gasteiger partial charge in [-0.25, -0.2) is 0 Å². The molecule has 0 saturated carbocycles. The predicted molar refractivity (Wildman–Crippen MR) is 203 cm³/mol. The SMILES string of the molecule is CC1(C)c2ccccc2C2(c3ccccc3-n3c4ccccc4c4cccc2c43)c2cccc(-c3ccc4sc5ccccc5c4c3)c21. The van der Waals surface area contributed by atoms with Crippen molar-refractivity contribution in [2.24, 2.45) is 0 Å². The van der Waals surface area contributed by atoms with Crippen LogP contribution in [-0.4, -0.2) is 4.57 Å². The fourth-order valence-corrected chi connectivity index (χ4v) is 10.7. The maximum absolute atomic E-state index is 2.53. The quantitative estimate of drug-likeness (QED) is 0.170. The second kappa shape index (κ2) is 9.13. The van der Waals surface area contributed by atoms with Crippen LogP contribution in [0.15, 0.2) is 152 Å². The van der Waals surface area contributed by atoms with E-state index >= 15 is 0 Å². The summed E-state index contributed by atoms with van der Waals surface area (Å²) in [6, 6.07) is 57.4. The lowest BCUT2D eigenvalue weighted by Gasteiger charge is -2.50. The molecule has 226 valence electrons. The van der Waals surface area contributed by atoms with Gasteiger partial charge >= 0.3 is 0 Å². The molecule has 0 bridgehead atoms. The molecule has 9 aromatic rings. The van der Waals surface area contributed by atoms with E-state index in [9.17, 15) is 0 Å². The van der Waals surface area contributed by atoms with Crippen molar-refractivity contribution in [1.82, 2.24) is 4.57 Å². The van der Waals surface area contributed by atoms with Crippen molar-refractivity contribution >= 4 is 53.3 Å². The number of hydrogen-bond donors (Lipinski definition) is 0. The van der Waals surface area contributed by atoms with Crippen molar-refractivity contribution in [3.63, 3.8) is 0 Å². The van der Waals surface area contributed by atoms with Crippen LogP contribution < -0.4 is 0 Å². The molecule has 0 saturated heterocycles. The van der Waals surface area contributed by atoms with Gasteiger partial charge in [0.1, 0.15) is 0 Å². The van der Waals surface area contributed by atoms with Crippen LogP contribution in [0.2, 0.25) is 0 Å². The molecule has 1 aliphatic heterocycles. The van der Waals surface area contributed by atoms with Gasteiger partial charge in [0.25, 0.3) is 0 Å². The number of benzene rings is 7. The van der Waals surface area contributed by atoms with Gasteiger partial charge in [-0.15, -0.1) is 11.3 Å². The highest BCUT2D eigenvalue weighted by Gasteiger charge is 2.53. The van der Waals surface area contributed by atoms with Gasteiger partial charge in [0.2, 0.25) is 0 Å². The van der Waals surface area contributed by atoms with Crippen molar-refractivity contribution in [2.45, 2.75) is 24.7 Å². The van der Waals surface area contributed by atoms with Gasteiger partial charge in [0, 0.05) is 36.4 Å². The van der Waals surface area contributed by atoms with Gasteiger partial charge in [-0.1, -0.05) is 135 Å². The molecule has 48 heavy (non-hydrogen) atoms. The molecule has 2 aliphatic rings. The van der Waals surface area contributed by atoms with Crippen molar-refractivity contribution in [2.75, 3.05) is 0 Å². The lowest BCUT2D eigenvalue weighted by Crippen LogP contribution is -2.44. The zero-order valence-corrected chi connectivity index (χ0v) is 27.6. The number of thiophene rings is 1. The van der Waals surface area contributed by atoms with Crippen LogP contribution in [0.3, 0.4) is 0 Å². The molecule has 7 aromatic carbocycles. The Labute approximate surface area is 283 Å². The molecule has 1 aliphatic carbocycles. The topological polar surface area (TPSA) is 4.93 Å². The molecule has 3 heterocycles. The van der Waals surface area contributed by atoms with Gasteiger partial charge in [0.15, 0.2) is 0 Å². The monoisotopic (exact) mass is 629 g/mol. The van der Waals surface area contributed by atoms with Crippen molar-refractivity contribution < 1.29 is 0 Å². The van der Waals surface area contributed by atoms with Gasteiger partial charge in [-0.3, -0.25) is 0 Å². The molecular formula is C46H31NS. The lowest BCUT2D eigenvalue weighted by atomic mass is 9.52. The van der Waals surface area contributed by atoms with E-state index in [-0.39, 0.29) is 5.41 Å². The number of para-hydroxylation sites is 3. The van der Waals surface area contributed by atoms with Gasteiger partial charge in [0.05, 0.1) is 22.1 Å². The second-order valence-corrected chi connectivity index (χ2v) is 15.1. The van der Waals surface area contributed by atoms with Gasteiger partial charge in [-0.05, 0) is 74.8 Å². The Morgan fingerprint density at radius 1 is 0.479 bits per heavy atom. The van der Waals surface area contributed by atoms with Crippen LogP contribution in [0.5, 0.6) is 0 Å². The zero-order valence-electron chi connectivity index (χ0n) is 26.8. The number of aromatic nitrogens is 1. The predicted octanol–water partition coefficient (Wildman–Crippen LogP) is 12.2. The first-order valence-electron chi connectivity index (χ1n) is 16.9. The maximum Gasteiger partial charge on any atom is 0.0748 e. The van der Waals surface area contributed by atoms with E-state index in [0.29, 0.717) is 0 Å². The summed E-state index contributed by atoms with van der Waals surface area (Å²) in [5.41, 5.74) is 14.0. The highest BCUT2D eigenvalue weighted by molar-refractivity contribution is 7.25. The Balaban J connectivity index is 1.33. The second-order valence-electron chi connectivity index (χ2n) is 14.0. The summed E-state index contributed by atoms with van der Waals surface area (Å²) < 4.78 is 5.21. The molecule has 2 heteroatoms. The first-order chi connectivity index (χ1) is 23.6. The third-order valence-corrected chi connectivity index (χ3v) is 12.6. The number of fused-ring (bicyclic) bond motifs is 14. The summed E-state index contributed by atoms with van der Waals surface area (Å²) in [4.78, 5) is 0. The average Bonchev–Trinajstić information content (AvgIpc) is 3.68. The molecule has 1 atom stereocenters. The molecule has 0 fully saturated rings. The molecule has 0 amide bonds. The van der Waals surface area contributed by atoms with E-state index in [1.54, 1.807) is 0 Å². The van der Waals surface area contributed by atoms with E-state index in [1.807, 2.05) is 11.3 Å². The fraction of sp³-hybridized carbons (Fsp3) is 0.0870. The Kier molecular flexibility index (Phi) is 5.06. The molecular weight excluding hydrogens is 599 g/mol. The van der Waals surface area contributed by atoms with Gasteiger partial charge < -0.3 is 4.57 Å². The summed E-state index contributed by atoms with van der Waals surface area (Å²) in [6.45, 7) is 4.87. The minimum atomic E-state index is -0.489. The number of rotatable bonds is 1. The largest absolute Gasteiger partial charge is 0.309 e. The van der Waals surface area contributed by atoms with E-state index in [4.69, 9.17) is 0 Å². The highest BCUT2D eigenvalue weighted by atomic mass is 32.1. The third-order valence-electron chi connectivity index (χ3n) is 11.4. The smallest absolute Gasteiger partial charge is 0.0748 e. The van der Waals surface area contributed by atoms with Crippen LogP contribution >= 0.6 is 11.3 Å². The van der Waals surface area contributed by atoms with Crippen LogP contribution in [-0.2, 0) is 10.8 Å². The molecule has 11 rings (SSSR count). The maximum atomic E-state index is 2.53. The zero-order chi connectivity index (χ0) is 31.8. The number of hydrogen-bond acceptors (Lipinski definition) is 1. The van der Waals surface area contributed by atoms with Crippen LogP contribution in [0, 0.1) is 0 Å². The summed E-state index contributed by atoms with van der Waals surface area (Å²) in [6.07, 6.45) is 0. The summed E-state index contributed by atoms with van der Waals surface area (Å²) >= 11 is 1.88. The van der Waals surface area contributed by atoms with E-state index in [2.05, 4.69) is 170 Å². The van der Waals surface area contributed by atoms with Gasteiger partial charge in [-0.2, -0.15) is 0 Å². The van der Waals surface area contributed by atoms with Crippen molar-refractivity contribution in [1.29, 1.82) is 0 Å². The first kappa shape index (κ1) is 26.6. The van der Waals surface area contributed by atoms with Crippen LogP contribution in [0.4, 0.5) is 0 Å². The standard InChI is InChI=1S/C46H31NS/c1-45(2)34-17-5-6-18-35(34)46(36-19-7-9-23-40(36)47-39-22-8-3-13-30(39)32-16-12-21-38(46)44(32)47)37-20-11-15-29(43(37)45)28-25-26-42-33(27-28)31-14-4-10-24-41(31)48-42/h3-27H,1-2H3. The van der Waals surface area contributed by atoms with E-state index in [0.717, 1.165) is 0 Å². The normalized spacial score (nSPS) is 17.2.